The van der Waals surface area contributed by atoms with Crippen molar-refractivity contribution in [2.75, 3.05) is 24.5 Å². The Balaban J connectivity index is 1.54. The molecule has 25 heavy (non-hydrogen) atoms. The highest BCUT2D eigenvalue weighted by Gasteiger charge is 2.20. The van der Waals surface area contributed by atoms with Gasteiger partial charge in [0.25, 0.3) is 5.91 Å². The number of carbonyl (C=O) groups is 2. The van der Waals surface area contributed by atoms with E-state index in [0.29, 0.717) is 18.7 Å². The number of nitrogens with zero attached hydrogens (tertiary/aromatic N) is 1. The predicted octanol–water partition coefficient (Wildman–Crippen LogP) is 2.31. The average Bonchev–Trinajstić information content (AvgIpc) is 3.06. The standard InChI is InChI=1S/C20H19N3O2/c1-15-4-8-17(9-5-15)19(24)21-12-2-3-16-6-10-18(11-7-16)23-14-13-22-20(23)25/h4-11H,12-14H2,1H3,(H,21,24)(H,22,25). The quantitative estimate of drug-likeness (QED) is 0.847. The zero-order chi connectivity index (χ0) is 17.6. The Morgan fingerprint density at radius 3 is 2.52 bits per heavy atom. The number of rotatable bonds is 3. The summed E-state index contributed by atoms with van der Waals surface area (Å²) in [5, 5.41) is 5.55. The summed E-state index contributed by atoms with van der Waals surface area (Å²) in [5.74, 6) is 5.81. The Bertz CT molecular complexity index is 830. The molecular weight excluding hydrogens is 314 g/mol. The fourth-order valence-electron chi connectivity index (χ4n) is 2.52. The Hall–Kier alpha value is -3.26. The molecule has 1 aliphatic rings. The monoisotopic (exact) mass is 333 g/mol. The SMILES string of the molecule is Cc1ccc(C(=O)NCC#Cc2ccc(N3CCNC3=O)cc2)cc1. The molecule has 0 radical (unpaired) electrons. The van der Waals surface area contributed by atoms with E-state index in [1.165, 1.54) is 0 Å². The molecule has 0 aliphatic carbocycles. The molecule has 2 aromatic rings. The zero-order valence-electron chi connectivity index (χ0n) is 14.0. The van der Waals surface area contributed by atoms with Crippen LogP contribution in [-0.4, -0.2) is 31.6 Å². The maximum absolute atomic E-state index is 12.0. The van der Waals surface area contributed by atoms with Gasteiger partial charge in [-0.3, -0.25) is 9.69 Å². The van der Waals surface area contributed by atoms with Crippen LogP contribution in [0.4, 0.5) is 10.5 Å². The van der Waals surface area contributed by atoms with Gasteiger partial charge < -0.3 is 10.6 Å². The minimum Gasteiger partial charge on any atom is -0.341 e. The molecule has 5 heteroatoms. The Labute approximate surface area is 147 Å². The lowest BCUT2D eigenvalue weighted by molar-refractivity contribution is 0.0958. The van der Waals surface area contributed by atoms with Gasteiger partial charge in [-0.2, -0.15) is 0 Å². The fourth-order valence-corrected chi connectivity index (χ4v) is 2.52. The summed E-state index contributed by atoms with van der Waals surface area (Å²) in [6.07, 6.45) is 0. The van der Waals surface area contributed by atoms with Gasteiger partial charge in [-0.05, 0) is 43.3 Å². The van der Waals surface area contributed by atoms with Crippen molar-refractivity contribution < 1.29 is 9.59 Å². The van der Waals surface area contributed by atoms with Crippen LogP contribution in [-0.2, 0) is 0 Å². The highest BCUT2D eigenvalue weighted by molar-refractivity contribution is 5.94. The molecule has 0 spiro atoms. The molecule has 3 rings (SSSR count). The molecule has 126 valence electrons. The van der Waals surface area contributed by atoms with Crippen LogP contribution >= 0.6 is 0 Å². The number of anilines is 1. The lowest BCUT2D eigenvalue weighted by Gasteiger charge is -2.13. The van der Waals surface area contributed by atoms with Crippen molar-refractivity contribution in [1.29, 1.82) is 0 Å². The fraction of sp³-hybridized carbons (Fsp3) is 0.200. The lowest BCUT2D eigenvalue weighted by Crippen LogP contribution is -2.27. The van der Waals surface area contributed by atoms with Gasteiger partial charge in [0.05, 0.1) is 6.54 Å². The van der Waals surface area contributed by atoms with Gasteiger partial charge >= 0.3 is 6.03 Å². The molecule has 2 N–H and O–H groups in total. The van der Waals surface area contributed by atoms with Gasteiger partial charge in [0.1, 0.15) is 0 Å². The van der Waals surface area contributed by atoms with Crippen molar-refractivity contribution in [3.8, 4) is 11.8 Å². The van der Waals surface area contributed by atoms with Crippen LogP contribution in [0.15, 0.2) is 48.5 Å². The Morgan fingerprint density at radius 2 is 1.88 bits per heavy atom. The second-order valence-electron chi connectivity index (χ2n) is 5.78. The molecular formula is C20H19N3O2. The third kappa shape index (κ3) is 4.18. The summed E-state index contributed by atoms with van der Waals surface area (Å²) < 4.78 is 0. The van der Waals surface area contributed by atoms with Gasteiger partial charge in [-0.25, -0.2) is 4.79 Å². The normalized spacial score (nSPS) is 13.0. The van der Waals surface area contributed by atoms with Crippen LogP contribution in [0.25, 0.3) is 0 Å². The van der Waals surface area contributed by atoms with Crippen LogP contribution < -0.4 is 15.5 Å². The summed E-state index contributed by atoms with van der Waals surface area (Å²) >= 11 is 0. The number of hydrogen-bond acceptors (Lipinski definition) is 2. The van der Waals surface area contributed by atoms with E-state index in [1.54, 1.807) is 17.0 Å². The largest absolute Gasteiger partial charge is 0.341 e. The highest BCUT2D eigenvalue weighted by Crippen LogP contribution is 2.16. The van der Waals surface area contributed by atoms with Crippen molar-refractivity contribution in [3.05, 3.63) is 65.2 Å². The maximum atomic E-state index is 12.0. The van der Waals surface area contributed by atoms with E-state index < -0.39 is 0 Å². The van der Waals surface area contributed by atoms with Gasteiger partial charge in [-0.15, -0.1) is 0 Å². The molecule has 0 unspecified atom stereocenters. The van der Waals surface area contributed by atoms with Crippen LogP contribution in [0.2, 0.25) is 0 Å². The van der Waals surface area contributed by atoms with Crippen LogP contribution in [0.3, 0.4) is 0 Å². The zero-order valence-corrected chi connectivity index (χ0v) is 14.0. The van der Waals surface area contributed by atoms with Crippen molar-refractivity contribution in [2.45, 2.75) is 6.92 Å². The summed E-state index contributed by atoms with van der Waals surface area (Å²) in [4.78, 5) is 25.3. The van der Waals surface area contributed by atoms with E-state index in [0.717, 1.165) is 16.8 Å². The third-order valence-electron chi connectivity index (χ3n) is 3.92. The van der Waals surface area contributed by atoms with Crippen LogP contribution in [0.5, 0.6) is 0 Å². The predicted molar refractivity (Wildman–Crippen MR) is 97.6 cm³/mol. The first-order valence-electron chi connectivity index (χ1n) is 8.13. The summed E-state index contributed by atoms with van der Waals surface area (Å²) in [6.45, 7) is 3.60. The van der Waals surface area contributed by atoms with E-state index in [-0.39, 0.29) is 18.5 Å². The highest BCUT2D eigenvalue weighted by atomic mass is 16.2. The number of hydrogen-bond donors (Lipinski definition) is 2. The molecule has 0 bridgehead atoms. The van der Waals surface area contributed by atoms with E-state index in [2.05, 4.69) is 22.5 Å². The molecule has 1 aliphatic heterocycles. The average molecular weight is 333 g/mol. The topological polar surface area (TPSA) is 61.4 Å². The summed E-state index contributed by atoms with van der Waals surface area (Å²) in [5.41, 5.74) is 3.44. The Kier molecular flexibility index (Phi) is 5.00. The van der Waals surface area contributed by atoms with Crippen molar-refractivity contribution in [3.63, 3.8) is 0 Å². The first-order valence-corrected chi connectivity index (χ1v) is 8.13. The first-order chi connectivity index (χ1) is 12.1. The third-order valence-corrected chi connectivity index (χ3v) is 3.92. The molecule has 1 fully saturated rings. The molecule has 0 saturated carbocycles. The molecule has 5 nitrogen and oxygen atoms in total. The number of carbonyl (C=O) groups excluding carboxylic acids is 2. The first kappa shape index (κ1) is 16.6. The molecule has 0 aromatic heterocycles. The smallest absolute Gasteiger partial charge is 0.321 e. The van der Waals surface area contributed by atoms with E-state index in [1.807, 2.05) is 43.3 Å². The number of benzene rings is 2. The van der Waals surface area contributed by atoms with Crippen molar-refractivity contribution in [2.24, 2.45) is 0 Å². The molecule has 2 aromatic carbocycles. The Morgan fingerprint density at radius 1 is 1.16 bits per heavy atom. The van der Waals surface area contributed by atoms with Crippen LogP contribution in [0.1, 0.15) is 21.5 Å². The van der Waals surface area contributed by atoms with Gasteiger partial charge in [-0.1, -0.05) is 29.5 Å². The van der Waals surface area contributed by atoms with Crippen molar-refractivity contribution >= 4 is 17.6 Å². The molecule has 1 saturated heterocycles. The second kappa shape index (κ2) is 7.54. The van der Waals surface area contributed by atoms with E-state index in [4.69, 9.17) is 0 Å². The van der Waals surface area contributed by atoms with Gasteiger partial charge in [0, 0.05) is 29.9 Å². The molecule has 3 amide bonds. The second-order valence-corrected chi connectivity index (χ2v) is 5.78. The lowest BCUT2D eigenvalue weighted by atomic mass is 10.1. The summed E-state index contributed by atoms with van der Waals surface area (Å²) in [6, 6.07) is 14.8. The number of amides is 3. The molecule has 1 heterocycles. The maximum Gasteiger partial charge on any atom is 0.321 e. The minimum atomic E-state index is -0.135. The van der Waals surface area contributed by atoms with Gasteiger partial charge in [0.2, 0.25) is 0 Å². The number of aryl methyl sites for hydroxylation is 1. The van der Waals surface area contributed by atoms with Gasteiger partial charge in [0.15, 0.2) is 0 Å². The summed E-state index contributed by atoms with van der Waals surface area (Å²) in [7, 11) is 0. The molecule has 0 atom stereocenters. The number of nitrogens with one attached hydrogen (secondary N) is 2. The van der Waals surface area contributed by atoms with E-state index >= 15 is 0 Å². The number of urea groups is 1. The van der Waals surface area contributed by atoms with Crippen molar-refractivity contribution in [1.82, 2.24) is 10.6 Å². The van der Waals surface area contributed by atoms with E-state index in [9.17, 15) is 9.59 Å². The van der Waals surface area contributed by atoms with Crippen LogP contribution in [0, 0.1) is 18.8 Å². The minimum absolute atomic E-state index is 0.0716.